The molecule has 0 spiro atoms. The lowest BCUT2D eigenvalue weighted by Crippen LogP contribution is -2.42. The zero-order valence-corrected chi connectivity index (χ0v) is 12.3. The van der Waals surface area contributed by atoms with E-state index in [2.05, 4.69) is 10.6 Å². The van der Waals surface area contributed by atoms with Crippen LogP contribution in [0.1, 0.15) is 11.6 Å². The second-order valence-electron chi connectivity index (χ2n) is 4.16. The Balaban J connectivity index is 0.00000180. The Bertz CT molecular complexity index is 384. The van der Waals surface area contributed by atoms with Crippen LogP contribution in [0.2, 0.25) is 0 Å². The van der Waals surface area contributed by atoms with Gasteiger partial charge in [-0.1, -0.05) is 0 Å². The van der Waals surface area contributed by atoms with Crippen LogP contribution in [0.5, 0.6) is 17.2 Å². The van der Waals surface area contributed by atoms with Crippen molar-refractivity contribution in [3.05, 3.63) is 17.7 Å². The van der Waals surface area contributed by atoms with Crippen LogP contribution in [-0.4, -0.2) is 41.0 Å². The van der Waals surface area contributed by atoms with E-state index in [0.717, 1.165) is 42.4 Å². The average Bonchev–Trinajstić information content (AvgIpc) is 2.46. The van der Waals surface area contributed by atoms with E-state index in [1.54, 1.807) is 21.3 Å². The summed E-state index contributed by atoms with van der Waals surface area (Å²) in [5, 5.41) is 6.82. The van der Waals surface area contributed by atoms with Crippen LogP contribution in [0.4, 0.5) is 0 Å². The zero-order valence-electron chi connectivity index (χ0n) is 11.5. The average molecular weight is 289 g/mol. The topological polar surface area (TPSA) is 51.8 Å². The fourth-order valence-corrected chi connectivity index (χ4v) is 2.23. The number of benzene rings is 1. The lowest BCUT2D eigenvalue weighted by molar-refractivity contribution is 0.346. The molecule has 0 radical (unpaired) electrons. The molecule has 0 aliphatic carbocycles. The molecule has 1 saturated heterocycles. The van der Waals surface area contributed by atoms with Crippen LogP contribution >= 0.6 is 12.4 Å². The summed E-state index contributed by atoms with van der Waals surface area (Å²) in [4.78, 5) is 0. The maximum atomic E-state index is 5.46. The SMILES string of the molecule is COc1cc(OC)c([C@@H]2CNCCN2)c(OC)c1.Cl. The van der Waals surface area contributed by atoms with Crippen molar-refractivity contribution >= 4 is 12.4 Å². The predicted octanol–water partition coefficient (Wildman–Crippen LogP) is 1.37. The predicted molar refractivity (Wildman–Crippen MR) is 77.0 cm³/mol. The van der Waals surface area contributed by atoms with Crippen molar-refractivity contribution in [2.75, 3.05) is 41.0 Å². The highest BCUT2D eigenvalue weighted by Gasteiger charge is 2.23. The molecule has 0 amide bonds. The van der Waals surface area contributed by atoms with Crippen LogP contribution in [-0.2, 0) is 0 Å². The van der Waals surface area contributed by atoms with Gasteiger partial charge in [0, 0.05) is 31.8 Å². The monoisotopic (exact) mass is 288 g/mol. The second kappa shape index (κ2) is 7.43. The van der Waals surface area contributed by atoms with E-state index < -0.39 is 0 Å². The second-order valence-corrected chi connectivity index (χ2v) is 4.16. The van der Waals surface area contributed by atoms with Gasteiger partial charge in [0.05, 0.1) is 32.9 Å². The summed E-state index contributed by atoms with van der Waals surface area (Å²) in [5.41, 5.74) is 1.04. The van der Waals surface area contributed by atoms with Crippen LogP contribution < -0.4 is 24.8 Å². The third-order valence-electron chi connectivity index (χ3n) is 3.14. The van der Waals surface area contributed by atoms with E-state index in [9.17, 15) is 0 Å². The highest BCUT2D eigenvalue weighted by Crippen LogP contribution is 2.38. The molecule has 0 aromatic heterocycles. The number of rotatable bonds is 4. The number of ether oxygens (including phenoxy) is 3. The molecule has 1 aromatic carbocycles. The summed E-state index contributed by atoms with van der Waals surface area (Å²) in [6.07, 6.45) is 0. The molecule has 5 nitrogen and oxygen atoms in total. The number of halogens is 1. The Kier molecular flexibility index (Phi) is 6.21. The summed E-state index contributed by atoms with van der Waals surface area (Å²) in [5.74, 6) is 2.30. The van der Waals surface area contributed by atoms with Gasteiger partial charge in [-0.05, 0) is 0 Å². The van der Waals surface area contributed by atoms with Crippen molar-refractivity contribution in [2.24, 2.45) is 0 Å². The standard InChI is InChI=1S/C13H20N2O3.ClH/c1-16-9-6-11(17-2)13(12(7-9)18-3)10-8-14-4-5-15-10;/h6-7,10,14-15H,4-5,8H2,1-3H3;1H/t10-;/m0./s1. The molecule has 1 fully saturated rings. The Labute approximate surface area is 120 Å². The van der Waals surface area contributed by atoms with Crippen molar-refractivity contribution in [3.8, 4) is 17.2 Å². The Morgan fingerprint density at radius 2 is 1.63 bits per heavy atom. The number of hydrogen-bond donors (Lipinski definition) is 2. The minimum Gasteiger partial charge on any atom is -0.496 e. The molecule has 2 N–H and O–H groups in total. The third kappa shape index (κ3) is 3.43. The number of piperazine rings is 1. The number of hydrogen-bond acceptors (Lipinski definition) is 5. The van der Waals surface area contributed by atoms with Crippen LogP contribution in [0, 0.1) is 0 Å². The summed E-state index contributed by atoms with van der Waals surface area (Å²) in [6.45, 7) is 2.78. The highest BCUT2D eigenvalue weighted by molar-refractivity contribution is 5.85. The Morgan fingerprint density at radius 3 is 2.05 bits per heavy atom. The van der Waals surface area contributed by atoms with Gasteiger partial charge in [-0.2, -0.15) is 0 Å². The molecular weight excluding hydrogens is 268 g/mol. The first-order chi connectivity index (χ1) is 8.80. The van der Waals surface area contributed by atoms with Gasteiger partial charge in [0.15, 0.2) is 0 Å². The van der Waals surface area contributed by atoms with Gasteiger partial charge in [-0.15, -0.1) is 12.4 Å². The quantitative estimate of drug-likeness (QED) is 0.876. The molecular formula is C13H21ClN2O3. The number of nitrogens with one attached hydrogen (secondary N) is 2. The van der Waals surface area contributed by atoms with E-state index in [1.165, 1.54) is 0 Å². The van der Waals surface area contributed by atoms with Gasteiger partial charge in [0.25, 0.3) is 0 Å². The third-order valence-corrected chi connectivity index (χ3v) is 3.14. The lowest BCUT2D eigenvalue weighted by Gasteiger charge is -2.27. The van der Waals surface area contributed by atoms with Crippen LogP contribution in [0.3, 0.4) is 0 Å². The van der Waals surface area contributed by atoms with Gasteiger partial charge < -0.3 is 24.8 Å². The highest BCUT2D eigenvalue weighted by atomic mass is 35.5. The van der Waals surface area contributed by atoms with Crippen molar-refractivity contribution in [1.82, 2.24) is 10.6 Å². The maximum absolute atomic E-state index is 5.46. The minimum atomic E-state index is 0. The minimum absolute atomic E-state index is 0. The summed E-state index contributed by atoms with van der Waals surface area (Å²) in [7, 11) is 4.95. The molecule has 6 heteroatoms. The smallest absolute Gasteiger partial charge is 0.131 e. The largest absolute Gasteiger partial charge is 0.496 e. The molecule has 108 valence electrons. The molecule has 19 heavy (non-hydrogen) atoms. The first-order valence-corrected chi connectivity index (χ1v) is 6.04. The van der Waals surface area contributed by atoms with Crippen molar-refractivity contribution < 1.29 is 14.2 Å². The lowest BCUT2D eigenvalue weighted by atomic mass is 10.0. The first-order valence-electron chi connectivity index (χ1n) is 6.04. The van der Waals surface area contributed by atoms with Gasteiger partial charge in [0.1, 0.15) is 17.2 Å². The molecule has 1 aromatic rings. The normalized spacial score (nSPS) is 18.4. The summed E-state index contributed by atoms with van der Waals surface area (Å²) < 4.78 is 16.2. The van der Waals surface area contributed by atoms with Gasteiger partial charge >= 0.3 is 0 Å². The van der Waals surface area contributed by atoms with E-state index in [0.29, 0.717) is 0 Å². The van der Waals surface area contributed by atoms with E-state index in [4.69, 9.17) is 14.2 Å². The fraction of sp³-hybridized carbons (Fsp3) is 0.538. The molecule has 1 heterocycles. The number of methoxy groups -OCH3 is 3. The van der Waals surface area contributed by atoms with Crippen LogP contribution in [0.25, 0.3) is 0 Å². The summed E-state index contributed by atoms with van der Waals surface area (Å²) >= 11 is 0. The Morgan fingerprint density at radius 1 is 1.00 bits per heavy atom. The molecule has 1 aliphatic rings. The molecule has 0 saturated carbocycles. The fourth-order valence-electron chi connectivity index (χ4n) is 2.23. The molecule has 0 unspecified atom stereocenters. The van der Waals surface area contributed by atoms with Gasteiger partial charge in [-0.3, -0.25) is 0 Å². The van der Waals surface area contributed by atoms with Gasteiger partial charge in [0.2, 0.25) is 0 Å². The van der Waals surface area contributed by atoms with Gasteiger partial charge in [-0.25, -0.2) is 0 Å². The maximum Gasteiger partial charge on any atom is 0.131 e. The first kappa shape index (κ1) is 15.9. The van der Waals surface area contributed by atoms with E-state index in [1.807, 2.05) is 12.1 Å². The van der Waals surface area contributed by atoms with Crippen molar-refractivity contribution in [3.63, 3.8) is 0 Å². The van der Waals surface area contributed by atoms with E-state index >= 15 is 0 Å². The zero-order chi connectivity index (χ0) is 13.0. The molecule has 1 atom stereocenters. The van der Waals surface area contributed by atoms with Crippen molar-refractivity contribution in [2.45, 2.75) is 6.04 Å². The molecule has 2 rings (SSSR count). The molecule has 0 bridgehead atoms. The van der Waals surface area contributed by atoms with Crippen LogP contribution in [0.15, 0.2) is 12.1 Å². The van der Waals surface area contributed by atoms with Crippen molar-refractivity contribution in [1.29, 1.82) is 0 Å². The molecule has 1 aliphatic heterocycles. The summed E-state index contributed by atoms with van der Waals surface area (Å²) in [6, 6.07) is 3.96. The van der Waals surface area contributed by atoms with E-state index in [-0.39, 0.29) is 18.4 Å². The Hall–Kier alpha value is -1.17.